The number of carbonyl (C=O) groups is 1. The first-order valence-corrected chi connectivity index (χ1v) is 10.8. The third-order valence-electron chi connectivity index (χ3n) is 6.21. The number of fused-ring (bicyclic) bond motifs is 1. The highest BCUT2D eigenvalue weighted by atomic mass is 16.5. The summed E-state index contributed by atoms with van der Waals surface area (Å²) in [5.41, 5.74) is 0.760. The predicted octanol–water partition coefficient (Wildman–Crippen LogP) is 3.38. The van der Waals surface area contributed by atoms with E-state index in [1.807, 2.05) is 18.7 Å². The highest BCUT2D eigenvalue weighted by Gasteiger charge is 2.46. The van der Waals surface area contributed by atoms with Gasteiger partial charge in [-0.05, 0) is 24.7 Å². The van der Waals surface area contributed by atoms with Gasteiger partial charge in [-0.2, -0.15) is 20.3 Å². The van der Waals surface area contributed by atoms with E-state index in [2.05, 4.69) is 34.4 Å². The molecule has 1 fully saturated rings. The van der Waals surface area contributed by atoms with Crippen molar-refractivity contribution in [2.45, 2.75) is 39.8 Å². The molecule has 0 atom stereocenters. The van der Waals surface area contributed by atoms with Gasteiger partial charge in [-0.25, -0.2) is 0 Å². The van der Waals surface area contributed by atoms with Crippen LogP contribution >= 0.6 is 0 Å². The molecule has 2 aromatic heterocycles. The quantitative estimate of drug-likeness (QED) is 0.669. The van der Waals surface area contributed by atoms with Crippen molar-refractivity contribution in [2.24, 2.45) is 17.3 Å². The summed E-state index contributed by atoms with van der Waals surface area (Å²) < 4.78 is 5.77. The van der Waals surface area contributed by atoms with E-state index in [1.54, 1.807) is 35.5 Å². The number of aromatic nitrogens is 4. The lowest BCUT2D eigenvalue weighted by Crippen LogP contribution is -2.49. The molecule has 0 bridgehead atoms. The SMILES string of the molecule is C=CC=C.CC(C)(C(=O)N1CCOc2c(C#N)cncc2C1)C1CC(Cn2nccn2)C1. The first-order chi connectivity index (χ1) is 15.4. The van der Waals surface area contributed by atoms with Gasteiger partial charge >= 0.3 is 0 Å². The van der Waals surface area contributed by atoms with Crippen molar-refractivity contribution < 1.29 is 9.53 Å². The summed E-state index contributed by atoms with van der Waals surface area (Å²) >= 11 is 0. The minimum Gasteiger partial charge on any atom is -0.490 e. The van der Waals surface area contributed by atoms with Crippen LogP contribution in [-0.4, -0.2) is 43.9 Å². The summed E-state index contributed by atoms with van der Waals surface area (Å²) in [4.78, 5) is 21.0. The van der Waals surface area contributed by atoms with E-state index in [0.717, 1.165) is 24.9 Å². The van der Waals surface area contributed by atoms with Crippen LogP contribution in [0.3, 0.4) is 0 Å². The lowest BCUT2D eigenvalue weighted by atomic mass is 9.61. The van der Waals surface area contributed by atoms with Crippen molar-refractivity contribution in [1.82, 2.24) is 24.9 Å². The van der Waals surface area contributed by atoms with Gasteiger partial charge in [0.25, 0.3) is 0 Å². The number of amides is 1. The van der Waals surface area contributed by atoms with Crippen molar-refractivity contribution in [3.05, 3.63) is 61.2 Å². The Morgan fingerprint density at radius 2 is 1.97 bits per heavy atom. The number of ether oxygens (including phenoxy) is 1. The highest BCUT2D eigenvalue weighted by Crippen LogP contribution is 2.47. The van der Waals surface area contributed by atoms with E-state index in [0.29, 0.717) is 42.8 Å². The van der Waals surface area contributed by atoms with Crippen LogP contribution in [0.2, 0.25) is 0 Å². The van der Waals surface area contributed by atoms with Crippen LogP contribution in [0.4, 0.5) is 0 Å². The lowest BCUT2D eigenvalue weighted by molar-refractivity contribution is -0.147. The van der Waals surface area contributed by atoms with Gasteiger partial charge in [0.1, 0.15) is 24.0 Å². The Morgan fingerprint density at radius 1 is 1.28 bits per heavy atom. The molecular weight excluding hydrogens is 404 g/mol. The molecule has 0 unspecified atom stereocenters. The molecule has 1 amide bonds. The Morgan fingerprint density at radius 3 is 2.59 bits per heavy atom. The Balaban J connectivity index is 0.000000668. The fourth-order valence-electron chi connectivity index (χ4n) is 4.20. The predicted molar refractivity (Wildman–Crippen MR) is 120 cm³/mol. The first kappa shape index (κ1) is 23.2. The minimum atomic E-state index is -0.446. The molecule has 4 rings (SSSR count). The Bertz CT molecular complexity index is 980. The molecule has 1 aliphatic carbocycles. The molecule has 32 heavy (non-hydrogen) atoms. The van der Waals surface area contributed by atoms with Crippen molar-refractivity contribution in [3.8, 4) is 11.8 Å². The summed E-state index contributed by atoms with van der Waals surface area (Å²) in [6, 6.07) is 2.11. The number of nitrogens with zero attached hydrogens (tertiary/aromatic N) is 6. The molecule has 8 heteroatoms. The fraction of sp³-hybridized carbons (Fsp3) is 0.458. The zero-order valence-corrected chi connectivity index (χ0v) is 18.8. The van der Waals surface area contributed by atoms with E-state index >= 15 is 0 Å². The monoisotopic (exact) mass is 434 g/mol. The van der Waals surface area contributed by atoms with Crippen LogP contribution in [0.1, 0.15) is 37.8 Å². The van der Waals surface area contributed by atoms with Gasteiger partial charge in [-0.15, -0.1) is 0 Å². The Hall–Kier alpha value is -3.47. The molecule has 1 aliphatic heterocycles. The maximum atomic E-state index is 13.3. The second-order valence-electron chi connectivity index (χ2n) is 8.67. The maximum Gasteiger partial charge on any atom is 0.228 e. The van der Waals surface area contributed by atoms with Gasteiger partial charge in [-0.1, -0.05) is 39.2 Å². The number of carbonyl (C=O) groups excluding carboxylic acids is 1. The van der Waals surface area contributed by atoms with E-state index < -0.39 is 5.41 Å². The summed E-state index contributed by atoms with van der Waals surface area (Å²) in [7, 11) is 0. The smallest absolute Gasteiger partial charge is 0.228 e. The van der Waals surface area contributed by atoms with Gasteiger partial charge in [0.2, 0.25) is 5.91 Å². The molecule has 2 aliphatic rings. The third-order valence-corrected chi connectivity index (χ3v) is 6.21. The normalized spacial score (nSPS) is 19.6. The van der Waals surface area contributed by atoms with Gasteiger partial charge in [0, 0.05) is 23.4 Å². The second-order valence-corrected chi connectivity index (χ2v) is 8.67. The zero-order valence-electron chi connectivity index (χ0n) is 18.8. The van der Waals surface area contributed by atoms with Crippen LogP contribution in [-0.2, 0) is 17.9 Å². The van der Waals surface area contributed by atoms with Gasteiger partial charge in [-0.3, -0.25) is 9.78 Å². The van der Waals surface area contributed by atoms with E-state index in [1.165, 1.54) is 6.20 Å². The number of hydrogen-bond acceptors (Lipinski definition) is 6. The van der Waals surface area contributed by atoms with Crippen molar-refractivity contribution >= 4 is 5.91 Å². The van der Waals surface area contributed by atoms with Crippen molar-refractivity contribution in [3.63, 3.8) is 0 Å². The lowest BCUT2D eigenvalue weighted by Gasteiger charge is -2.45. The van der Waals surface area contributed by atoms with Crippen LogP contribution in [0.15, 0.2) is 50.1 Å². The molecule has 0 aromatic carbocycles. The molecule has 8 nitrogen and oxygen atoms in total. The molecule has 0 saturated heterocycles. The molecule has 0 spiro atoms. The van der Waals surface area contributed by atoms with Gasteiger partial charge in [0.15, 0.2) is 0 Å². The molecule has 168 valence electrons. The number of rotatable bonds is 5. The van der Waals surface area contributed by atoms with E-state index in [-0.39, 0.29) is 5.91 Å². The fourth-order valence-corrected chi connectivity index (χ4v) is 4.20. The molecule has 2 aromatic rings. The molecule has 1 saturated carbocycles. The Labute approximate surface area is 189 Å². The molecular formula is C24H30N6O2. The first-order valence-electron chi connectivity index (χ1n) is 10.8. The largest absolute Gasteiger partial charge is 0.490 e. The van der Waals surface area contributed by atoms with Crippen LogP contribution in [0.25, 0.3) is 0 Å². The average Bonchev–Trinajstić information content (AvgIpc) is 3.19. The van der Waals surface area contributed by atoms with Crippen LogP contribution in [0, 0.1) is 28.6 Å². The summed E-state index contributed by atoms with van der Waals surface area (Å²) in [6.45, 7) is 12.9. The minimum absolute atomic E-state index is 0.131. The standard InChI is InChI=1S/C20H24N6O2.C4H6/c1-20(2,17-7-14(8-17)12-26-23-3-4-24-26)19(27)25-5-6-28-18-15(9-21)10-22-11-16(18)13-25;1-3-4-2/h3-4,10-11,14,17H,5-8,12-13H2,1-2H3;3-4H,1-2H2. The maximum absolute atomic E-state index is 13.3. The topological polar surface area (TPSA) is 96.9 Å². The van der Waals surface area contributed by atoms with E-state index in [4.69, 9.17) is 4.74 Å². The highest BCUT2D eigenvalue weighted by molar-refractivity contribution is 5.82. The number of allylic oxidation sites excluding steroid dienone is 2. The Kier molecular flexibility index (Phi) is 7.41. The summed E-state index contributed by atoms with van der Waals surface area (Å²) in [6.07, 6.45) is 11.8. The molecule has 0 N–H and O–H groups in total. The summed E-state index contributed by atoms with van der Waals surface area (Å²) in [5, 5.41) is 17.6. The number of hydrogen-bond donors (Lipinski definition) is 0. The molecule has 0 radical (unpaired) electrons. The summed E-state index contributed by atoms with van der Waals surface area (Å²) in [5.74, 6) is 1.54. The molecule has 3 heterocycles. The zero-order chi connectivity index (χ0) is 23.1. The van der Waals surface area contributed by atoms with E-state index in [9.17, 15) is 10.1 Å². The van der Waals surface area contributed by atoms with Crippen molar-refractivity contribution in [2.75, 3.05) is 13.2 Å². The van der Waals surface area contributed by atoms with Crippen molar-refractivity contribution in [1.29, 1.82) is 5.26 Å². The second kappa shape index (κ2) is 10.2. The van der Waals surface area contributed by atoms with Crippen LogP contribution < -0.4 is 4.74 Å². The van der Waals surface area contributed by atoms with Crippen LogP contribution in [0.5, 0.6) is 5.75 Å². The van der Waals surface area contributed by atoms with Gasteiger partial charge in [0.05, 0.1) is 32.0 Å². The third kappa shape index (κ3) is 5.05. The number of nitriles is 1. The average molecular weight is 435 g/mol. The van der Waals surface area contributed by atoms with Gasteiger partial charge < -0.3 is 9.64 Å². The number of pyridine rings is 1.